The van der Waals surface area contributed by atoms with Crippen molar-refractivity contribution < 1.29 is 12.8 Å². The Hall–Kier alpha value is -0.400. The van der Waals surface area contributed by atoms with E-state index >= 15 is 0 Å². The third-order valence-corrected chi connectivity index (χ3v) is 5.24. The van der Waals surface area contributed by atoms with Crippen molar-refractivity contribution in [2.45, 2.75) is 23.8 Å². The van der Waals surface area contributed by atoms with Crippen LogP contribution in [0, 0.1) is 5.82 Å². The summed E-state index contributed by atoms with van der Waals surface area (Å²) in [5.41, 5.74) is 0. The molecule has 1 aliphatic heterocycles. The third-order valence-electron chi connectivity index (χ3n) is 2.91. The van der Waals surface area contributed by atoms with E-state index < -0.39 is 20.9 Å². The molecule has 0 spiro atoms. The van der Waals surface area contributed by atoms with Gasteiger partial charge in [-0.25, -0.2) is 17.5 Å². The Labute approximate surface area is 121 Å². The summed E-state index contributed by atoms with van der Waals surface area (Å²) in [5, 5.41) is 2.40. The first kappa shape index (κ1) is 15.0. The average molecular weight is 327 g/mol. The number of rotatable bonds is 3. The second-order valence-electron chi connectivity index (χ2n) is 4.34. The van der Waals surface area contributed by atoms with Crippen molar-refractivity contribution in [3.05, 3.63) is 28.0 Å². The fourth-order valence-electron chi connectivity index (χ4n) is 1.95. The van der Waals surface area contributed by atoms with Gasteiger partial charge in [-0.05, 0) is 31.5 Å². The molecule has 1 saturated heterocycles. The summed E-state index contributed by atoms with van der Waals surface area (Å²) in [4.78, 5) is -0.290. The highest BCUT2D eigenvalue weighted by Gasteiger charge is 2.25. The minimum absolute atomic E-state index is 0.205. The van der Waals surface area contributed by atoms with Gasteiger partial charge in [0.1, 0.15) is 4.90 Å². The summed E-state index contributed by atoms with van der Waals surface area (Å²) in [6.07, 6.45) is 1.62. The molecular formula is C11H13Cl2FN2O2S. The van der Waals surface area contributed by atoms with Gasteiger partial charge in [-0.1, -0.05) is 23.2 Å². The molecule has 106 valence electrons. The molecular weight excluding hydrogens is 314 g/mol. The number of halogens is 3. The van der Waals surface area contributed by atoms with Crippen LogP contribution in [-0.4, -0.2) is 27.5 Å². The zero-order valence-electron chi connectivity index (χ0n) is 9.92. The number of benzene rings is 1. The quantitative estimate of drug-likeness (QED) is 0.837. The lowest BCUT2D eigenvalue weighted by Crippen LogP contribution is -2.45. The van der Waals surface area contributed by atoms with Gasteiger partial charge >= 0.3 is 0 Å². The minimum Gasteiger partial charge on any atom is -0.315 e. The lowest BCUT2D eigenvalue weighted by atomic mass is 10.1. The Bertz CT molecular complexity index is 574. The molecule has 0 amide bonds. The molecule has 1 heterocycles. The molecule has 0 radical (unpaired) electrons. The summed E-state index contributed by atoms with van der Waals surface area (Å²) in [6, 6.07) is 2.16. The summed E-state index contributed by atoms with van der Waals surface area (Å²) < 4.78 is 40.3. The van der Waals surface area contributed by atoms with Gasteiger partial charge in [0.05, 0.1) is 10.0 Å². The topological polar surface area (TPSA) is 58.2 Å². The molecule has 0 bridgehead atoms. The van der Waals surface area contributed by atoms with Gasteiger partial charge in [-0.2, -0.15) is 0 Å². The van der Waals surface area contributed by atoms with E-state index in [1.54, 1.807) is 0 Å². The van der Waals surface area contributed by atoms with E-state index in [9.17, 15) is 12.8 Å². The maximum absolute atomic E-state index is 13.5. The highest BCUT2D eigenvalue weighted by molar-refractivity contribution is 7.89. The molecule has 1 atom stereocenters. The maximum Gasteiger partial charge on any atom is 0.242 e. The maximum atomic E-state index is 13.5. The van der Waals surface area contributed by atoms with Crippen LogP contribution in [0.2, 0.25) is 10.0 Å². The first-order valence-electron chi connectivity index (χ1n) is 5.78. The van der Waals surface area contributed by atoms with Crippen LogP contribution in [0.5, 0.6) is 0 Å². The van der Waals surface area contributed by atoms with E-state index in [0.29, 0.717) is 6.54 Å². The van der Waals surface area contributed by atoms with Crippen LogP contribution in [-0.2, 0) is 10.0 Å². The van der Waals surface area contributed by atoms with Crippen LogP contribution in [0.1, 0.15) is 12.8 Å². The molecule has 0 aromatic heterocycles. The van der Waals surface area contributed by atoms with Gasteiger partial charge < -0.3 is 5.32 Å². The van der Waals surface area contributed by atoms with Crippen LogP contribution < -0.4 is 10.0 Å². The van der Waals surface area contributed by atoms with Crippen LogP contribution in [0.4, 0.5) is 4.39 Å². The summed E-state index contributed by atoms with van der Waals surface area (Å²) >= 11 is 11.2. The summed E-state index contributed by atoms with van der Waals surface area (Å²) in [5.74, 6) is -0.923. The molecule has 2 rings (SSSR count). The Balaban J connectivity index is 2.26. The predicted molar refractivity (Wildman–Crippen MR) is 72.6 cm³/mol. The molecule has 1 fully saturated rings. The van der Waals surface area contributed by atoms with E-state index in [-0.39, 0.29) is 16.0 Å². The molecule has 19 heavy (non-hydrogen) atoms. The monoisotopic (exact) mass is 326 g/mol. The fourth-order valence-corrected chi connectivity index (χ4v) is 3.97. The van der Waals surface area contributed by atoms with E-state index in [2.05, 4.69) is 10.0 Å². The van der Waals surface area contributed by atoms with E-state index in [0.717, 1.165) is 19.4 Å². The van der Waals surface area contributed by atoms with Crippen molar-refractivity contribution in [2.75, 3.05) is 13.1 Å². The van der Waals surface area contributed by atoms with Crippen molar-refractivity contribution >= 4 is 33.2 Å². The van der Waals surface area contributed by atoms with Gasteiger partial charge in [0.2, 0.25) is 10.0 Å². The van der Waals surface area contributed by atoms with Gasteiger partial charge in [-0.15, -0.1) is 0 Å². The fraction of sp³-hybridized carbons (Fsp3) is 0.455. The minimum atomic E-state index is -3.85. The van der Waals surface area contributed by atoms with Crippen molar-refractivity contribution in [1.82, 2.24) is 10.0 Å². The third kappa shape index (κ3) is 3.38. The molecule has 1 aromatic carbocycles. The predicted octanol–water partition coefficient (Wildman–Crippen LogP) is 2.16. The summed E-state index contributed by atoms with van der Waals surface area (Å²) in [6.45, 7) is 1.42. The Kier molecular flexibility index (Phi) is 4.68. The SMILES string of the molecule is O=S(=O)(NC1CCCNC1)c1ccc(Cl)c(F)c1Cl. The largest absolute Gasteiger partial charge is 0.315 e. The normalized spacial score (nSPS) is 20.5. The highest BCUT2D eigenvalue weighted by atomic mass is 35.5. The van der Waals surface area contributed by atoms with Crippen molar-refractivity contribution in [2.24, 2.45) is 0 Å². The van der Waals surface area contributed by atoms with Gasteiger partial charge in [0.25, 0.3) is 0 Å². The molecule has 1 aromatic rings. The van der Waals surface area contributed by atoms with Crippen molar-refractivity contribution in [3.8, 4) is 0 Å². The number of nitrogens with one attached hydrogen (secondary N) is 2. The first-order valence-corrected chi connectivity index (χ1v) is 8.02. The first-order chi connectivity index (χ1) is 8.92. The van der Waals surface area contributed by atoms with E-state index in [1.807, 2.05) is 0 Å². The molecule has 8 heteroatoms. The van der Waals surface area contributed by atoms with Crippen molar-refractivity contribution in [3.63, 3.8) is 0 Å². The number of sulfonamides is 1. The zero-order valence-corrected chi connectivity index (χ0v) is 12.2. The van der Waals surface area contributed by atoms with E-state index in [1.165, 1.54) is 12.1 Å². The van der Waals surface area contributed by atoms with Gasteiger partial charge in [-0.3, -0.25) is 0 Å². The van der Waals surface area contributed by atoms with Crippen LogP contribution in [0.3, 0.4) is 0 Å². The Morgan fingerprint density at radius 2 is 2.11 bits per heavy atom. The van der Waals surface area contributed by atoms with Gasteiger partial charge in [0.15, 0.2) is 5.82 Å². The Morgan fingerprint density at radius 1 is 1.37 bits per heavy atom. The van der Waals surface area contributed by atoms with Crippen LogP contribution in [0.25, 0.3) is 0 Å². The Morgan fingerprint density at radius 3 is 2.74 bits per heavy atom. The van der Waals surface area contributed by atoms with Crippen LogP contribution in [0.15, 0.2) is 17.0 Å². The highest BCUT2D eigenvalue weighted by Crippen LogP contribution is 2.29. The molecule has 1 unspecified atom stereocenters. The lowest BCUT2D eigenvalue weighted by molar-refractivity contribution is 0.428. The molecule has 0 saturated carbocycles. The smallest absolute Gasteiger partial charge is 0.242 e. The molecule has 4 nitrogen and oxygen atoms in total. The number of hydrogen-bond acceptors (Lipinski definition) is 3. The molecule has 1 aliphatic rings. The lowest BCUT2D eigenvalue weighted by Gasteiger charge is -2.23. The van der Waals surface area contributed by atoms with Crippen molar-refractivity contribution in [1.29, 1.82) is 0 Å². The molecule has 0 aliphatic carbocycles. The van der Waals surface area contributed by atoms with Gasteiger partial charge in [0, 0.05) is 12.6 Å². The number of piperidine rings is 1. The standard InChI is InChI=1S/C11H13Cl2FN2O2S/c12-8-3-4-9(10(13)11(8)14)19(17,18)16-7-2-1-5-15-6-7/h3-4,7,15-16H,1-2,5-6H2. The number of hydrogen-bond donors (Lipinski definition) is 2. The molecule has 2 N–H and O–H groups in total. The average Bonchev–Trinajstić information content (AvgIpc) is 2.36. The second kappa shape index (κ2) is 5.93. The zero-order chi connectivity index (χ0) is 14.0. The second-order valence-corrected chi connectivity index (χ2v) is 6.81. The van der Waals surface area contributed by atoms with E-state index in [4.69, 9.17) is 23.2 Å². The van der Waals surface area contributed by atoms with Crippen LogP contribution >= 0.6 is 23.2 Å². The summed E-state index contributed by atoms with van der Waals surface area (Å²) in [7, 11) is -3.85.